The summed E-state index contributed by atoms with van der Waals surface area (Å²) in [5.74, 6) is 0. The summed E-state index contributed by atoms with van der Waals surface area (Å²) in [4.78, 5) is 21.9. The van der Waals surface area contributed by atoms with Crippen LogP contribution in [0.5, 0.6) is 0 Å². The Bertz CT molecular complexity index is 493. The second-order valence-electron chi connectivity index (χ2n) is 4.95. The maximum absolute atomic E-state index is 10.9. The molecule has 1 aromatic rings. The number of benzene rings is 1. The molecule has 2 unspecified atom stereocenters. The normalized spacial score (nSPS) is 33.5. The summed E-state index contributed by atoms with van der Waals surface area (Å²) in [5.41, 5.74) is 3.36. The number of carbonyl (C=O) groups excluding carboxylic acids is 2. The van der Waals surface area contributed by atoms with Crippen LogP contribution in [0.1, 0.15) is 38.3 Å². The molecule has 1 saturated carbocycles. The molecule has 0 amide bonds. The Balaban J connectivity index is 2.11. The lowest BCUT2D eigenvalue weighted by Crippen LogP contribution is -2.26. The molecule has 0 radical (unpaired) electrons. The quantitative estimate of drug-likeness (QED) is 0.602. The van der Waals surface area contributed by atoms with Crippen LogP contribution >= 0.6 is 31.9 Å². The summed E-state index contributed by atoms with van der Waals surface area (Å²) in [6.45, 7) is 0. The van der Waals surface area contributed by atoms with Crippen molar-refractivity contribution in [3.05, 3.63) is 34.4 Å². The van der Waals surface area contributed by atoms with Crippen molar-refractivity contribution in [1.82, 2.24) is 0 Å². The van der Waals surface area contributed by atoms with E-state index in [9.17, 15) is 9.59 Å². The van der Waals surface area contributed by atoms with Gasteiger partial charge in [-0.3, -0.25) is 9.59 Å². The van der Waals surface area contributed by atoms with Crippen molar-refractivity contribution in [3.8, 4) is 0 Å². The van der Waals surface area contributed by atoms with E-state index in [0.29, 0.717) is 11.1 Å². The molecule has 17 heavy (non-hydrogen) atoms. The predicted molar refractivity (Wildman–Crippen MR) is 72.6 cm³/mol. The van der Waals surface area contributed by atoms with E-state index < -0.39 is 0 Å². The van der Waals surface area contributed by atoms with Crippen molar-refractivity contribution >= 4 is 44.4 Å². The van der Waals surface area contributed by atoms with Gasteiger partial charge in [0.25, 0.3) is 0 Å². The standard InChI is InChI=1S/C13H10Br2O2/c14-12-3-8-1-10(5-16)11(6-17)2-9(8)4-13(12,15)7-12/h1-2,5-6H,3-4,7H2. The lowest BCUT2D eigenvalue weighted by Gasteiger charge is -2.25. The monoisotopic (exact) mass is 356 g/mol. The summed E-state index contributed by atoms with van der Waals surface area (Å²) in [5, 5.41) is 0. The summed E-state index contributed by atoms with van der Waals surface area (Å²) in [6.07, 6.45) is 4.42. The Labute approximate surface area is 116 Å². The van der Waals surface area contributed by atoms with Gasteiger partial charge in [0.15, 0.2) is 12.6 Å². The molecule has 1 aromatic carbocycles. The van der Waals surface area contributed by atoms with Gasteiger partial charge in [-0.15, -0.1) is 0 Å². The minimum Gasteiger partial charge on any atom is -0.298 e. The van der Waals surface area contributed by atoms with Crippen LogP contribution in [0.15, 0.2) is 12.1 Å². The van der Waals surface area contributed by atoms with Crippen LogP contribution in [0.2, 0.25) is 0 Å². The van der Waals surface area contributed by atoms with E-state index in [0.717, 1.165) is 31.8 Å². The van der Waals surface area contributed by atoms with E-state index in [1.54, 1.807) is 0 Å². The van der Waals surface area contributed by atoms with Crippen molar-refractivity contribution in [2.45, 2.75) is 27.9 Å². The maximum atomic E-state index is 10.9. The molecule has 88 valence electrons. The third kappa shape index (κ3) is 1.57. The van der Waals surface area contributed by atoms with Crippen LogP contribution < -0.4 is 0 Å². The number of fused-ring (bicyclic) bond motifs is 2. The lowest BCUT2D eigenvalue weighted by molar-refractivity contribution is 0.109. The summed E-state index contributed by atoms with van der Waals surface area (Å²) in [7, 11) is 0. The Morgan fingerprint density at radius 2 is 1.35 bits per heavy atom. The second kappa shape index (κ2) is 3.51. The van der Waals surface area contributed by atoms with Crippen molar-refractivity contribution in [2.75, 3.05) is 0 Å². The molecule has 2 aliphatic rings. The van der Waals surface area contributed by atoms with Gasteiger partial charge in [0.2, 0.25) is 0 Å². The molecule has 0 aromatic heterocycles. The fraction of sp³-hybridized carbons (Fsp3) is 0.385. The van der Waals surface area contributed by atoms with Crippen molar-refractivity contribution < 1.29 is 9.59 Å². The molecular formula is C13H10Br2O2. The van der Waals surface area contributed by atoms with Gasteiger partial charge < -0.3 is 0 Å². The molecule has 0 aliphatic heterocycles. The van der Waals surface area contributed by atoms with Gasteiger partial charge >= 0.3 is 0 Å². The number of aldehydes is 2. The van der Waals surface area contributed by atoms with Gasteiger partial charge in [-0.1, -0.05) is 31.9 Å². The minimum atomic E-state index is 0.135. The van der Waals surface area contributed by atoms with Gasteiger partial charge in [0, 0.05) is 19.8 Å². The first-order chi connectivity index (χ1) is 8.01. The first-order valence-corrected chi connectivity index (χ1v) is 7.04. The summed E-state index contributed by atoms with van der Waals surface area (Å²) < 4.78 is 0.270. The van der Waals surface area contributed by atoms with Crippen LogP contribution in [0, 0.1) is 0 Å². The zero-order valence-corrected chi connectivity index (χ0v) is 12.2. The van der Waals surface area contributed by atoms with E-state index in [-0.39, 0.29) is 8.65 Å². The lowest BCUT2D eigenvalue weighted by atomic mass is 9.88. The molecule has 0 N–H and O–H groups in total. The van der Waals surface area contributed by atoms with Crippen LogP contribution in [-0.2, 0) is 12.8 Å². The van der Waals surface area contributed by atoms with Crippen molar-refractivity contribution in [1.29, 1.82) is 0 Å². The number of alkyl halides is 2. The van der Waals surface area contributed by atoms with E-state index >= 15 is 0 Å². The third-order valence-electron chi connectivity index (χ3n) is 3.84. The topological polar surface area (TPSA) is 34.1 Å². The zero-order chi connectivity index (χ0) is 12.3. The largest absolute Gasteiger partial charge is 0.298 e. The first-order valence-electron chi connectivity index (χ1n) is 5.45. The molecular weight excluding hydrogens is 348 g/mol. The Morgan fingerprint density at radius 3 is 1.71 bits per heavy atom. The van der Waals surface area contributed by atoms with Gasteiger partial charge in [-0.25, -0.2) is 0 Å². The molecule has 0 heterocycles. The first kappa shape index (κ1) is 11.6. The average molecular weight is 358 g/mol. The van der Waals surface area contributed by atoms with Crippen molar-refractivity contribution in [3.63, 3.8) is 0 Å². The van der Waals surface area contributed by atoms with Gasteiger partial charge in [0.05, 0.1) is 0 Å². The minimum absolute atomic E-state index is 0.135. The highest BCUT2D eigenvalue weighted by molar-refractivity contribution is 9.13. The molecule has 4 heteroatoms. The summed E-state index contributed by atoms with van der Waals surface area (Å²) in [6, 6.07) is 3.72. The molecule has 0 spiro atoms. The predicted octanol–water partition coefficient (Wildman–Crippen LogP) is 3.08. The number of hydrogen-bond donors (Lipinski definition) is 0. The van der Waals surface area contributed by atoms with Crippen LogP contribution in [0.4, 0.5) is 0 Å². The molecule has 0 saturated heterocycles. The molecule has 2 nitrogen and oxygen atoms in total. The Morgan fingerprint density at radius 1 is 0.941 bits per heavy atom. The number of hydrogen-bond acceptors (Lipinski definition) is 2. The number of carbonyl (C=O) groups is 2. The van der Waals surface area contributed by atoms with E-state index in [1.165, 1.54) is 11.1 Å². The number of rotatable bonds is 2. The molecule has 1 fully saturated rings. The number of halogens is 2. The van der Waals surface area contributed by atoms with Gasteiger partial charge in [-0.05, 0) is 42.5 Å². The fourth-order valence-electron chi connectivity index (χ4n) is 2.71. The zero-order valence-electron chi connectivity index (χ0n) is 9.00. The third-order valence-corrected chi connectivity index (χ3v) is 7.01. The highest BCUT2D eigenvalue weighted by Crippen LogP contribution is 2.66. The van der Waals surface area contributed by atoms with E-state index in [4.69, 9.17) is 0 Å². The summed E-state index contributed by atoms with van der Waals surface area (Å²) >= 11 is 7.54. The fourth-order valence-corrected chi connectivity index (χ4v) is 4.92. The SMILES string of the molecule is O=Cc1cc2c(cc1C=O)CC1(Br)CC1(Br)C2. The van der Waals surface area contributed by atoms with Gasteiger partial charge in [-0.2, -0.15) is 0 Å². The Kier molecular flexibility index (Phi) is 2.40. The van der Waals surface area contributed by atoms with Crippen LogP contribution in [0.25, 0.3) is 0 Å². The molecule has 3 rings (SSSR count). The van der Waals surface area contributed by atoms with Gasteiger partial charge in [0.1, 0.15) is 0 Å². The molecule has 0 bridgehead atoms. The Hall–Kier alpha value is -0.480. The smallest absolute Gasteiger partial charge is 0.150 e. The highest BCUT2D eigenvalue weighted by atomic mass is 79.9. The maximum Gasteiger partial charge on any atom is 0.150 e. The van der Waals surface area contributed by atoms with Crippen molar-refractivity contribution in [2.24, 2.45) is 0 Å². The van der Waals surface area contributed by atoms with E-state index in [2.05, 4.69) is 31.9 Å². The van der Waals surface area contributed by atoms with Crippen LogP contribution in [0.3, 0.4) is 0 Å². The van der Waals surface area contributed by atoms with Crippen LogP contribution in [-0.4, -0.2) is 21.2 Å². The molecule has 2 aliphatic carbocycles. The van der Waals surface area contributed by atoms with E-state index in [1.807, 2.05) is 12.1 Å². The molecule has 2 atom stereocenters. The highest BCUT2D eigenvalue weighted by Gasteiger charge is 2.66. The average Bonchev–Trinajstić information content (AvgIpc) is 2.84. The second-order valence-corrected chi connectivity index (χ2v) is 7.98.